The molecule has 1 saturated heterocycles. The van der Waals surface area contributed by atoms with Gasteiger partial charge in [0.05, 0.1) is 6.04 Å². The van der Waals surface area contributed by atoms with Crippen molar-refractivity contribution in [2.45, 2.75) is 58.8 Å². The van der Waals surface area contributed by atoms with E-state index in [-0.39, 0.29) is 0 Å². The molecule has 0 spiro atoms. The number of amides is 2. The Morgan fingerprint density at radius 3 is 2.07 bits per heavy atom. The first-order chi connectivity index (χ1) is 13.3. The van der Waals surface area contributed by atoms with Crippen molar-refractivity contribution in [2.24, 2.45) is 5.92 Å². The van der Waals surface area contributed by atoms with Gasteiger partial charge in [0.1, 0.15) is 11.2 Å². The minimum Gasteiger partial charge on any atom is -0.443 e. The normalized spacial score (nSPS) is 20.1. The van der Waals surface area contributed by atoms with Crippen LogP contribution in [0.3, 0.4) is 0 Å². The van der Waals surface area contributed by atoms with E-state index in [4.69, 9.17) is 14.5 Å². The van der Waals surface area contributed by atoms with Gasteiger partial charge in [-0.3, -0.25) is 9.68 Å². The van der Waals surface area contributed by atoms with Crippen LogP contribution in [0.5, 0.6) is 0 Å². The van der Waals surface area contributed by atoms with Crippen LogP contribution in [0.15, 0.2) is 30.3 Å². The molecule has 0 N–H and O–H groups in total. The Labute approximate surface area is 168 Å². The molecule has 0 aromatic heterocycles. The highest BCUT2D eigenvalue weighted by molar-refractivity contribution is 6.05. The highest BCUT2D eigenvalue weighted by Crippen LogP contribution is 2.36. The number of imide groups is 1. The van der Waals surface area contributed by atoms with Crippen LogP contribution in [0.4, 0.5) is 9.59 Å². The molecule has 1 aliphatic rings. The van der Waals surface area contributed by atoms with E-state index in [9.17, 15) is 19.2 Å². The molecule has 29 heavy (non-hydrogen) atoms. The molecule has 0 radical (unpaired) electrons. The van der Waals surface area contributed by atoms with E-state index in [1.807, 2.05) is 0 Å². The molecule has 9 heteroatoms. The zero-order chi connectivity index (χ0) is 22.0. The van der Waals surface area contributed by atoms with Crippen LogP contribution in [0.25, 0.3) is 0 Å². The van der Waals surface area contributed by atoms with Gasteiger partial charge in [-0.05, 0) is 47.1 Å². The summed E-state index contributed by atoms with van der Waals surface area (Å²) in [6, 6.07) is 6.80. The third-order valence-corrected chi connectivity index (χ3v) is 3.59. The van der Waals surface area contributed by atoms with Gasteiger partial charge in [-0.25, -0.2) is 19.3 Å². The van der Waals surface area contributed by atoms with Gasteiger partial charge < -0.3 is 9.47 Å². The van der Waals surface area contributed by atoms with E-state index in [1.54, 1.807) is 71.9 Å². The number of nitrogens with zero attached hydrogens (tertiary/aromatic N) is 1. The quantitative estimate of drug-likeness (QED) is 0.324. The molecule has 0 unspecified atom stereocenters. The van der Waals surface area contributed by atoms with Crippen LogP contribution in [0, 0.1) is 5.92 Å². The average molecular weight is 407 g/mol. The number of hydrogen-bond acceptors (Lipinski definition) is 8. The number of benzene rings is 1. The Hall–Kier alpha value is -2.94. The van der Waals surface area contributed by atoms with Crippen molar-refractivity contribution in [3.05, 3.63) is 35.9 Å². The Morgan fingerprint density at radius 1 is 0.966 bits per heavy atom. The monoisotopic (exact) mass is 407 g/mol. The van der Waals surface area contributed by atoms with Gasteiger partial charge in [0, 0.05) is 0 Å². The fraction of sp³-hybridized carbons (Fsp3) is 0.500. The summed E-state index contributed by atoms with van der Waals surface area (Å²) in [5.41, 5.74) is -1.41. The molecule has 0 aliphatic carbocycles. The van der Waals surface area contributed by atoms with Gasteiger partial charge in [-0.1, -0.05) is 30.3 Å². The minimum absolute atomic E-state index is 0.348. The van der Waals surface area contributed by atoms with Crippen LogP contribution in [-0.2, 0) is 28.8 Å². The topological polar surface area (TPSA) is 108 Å². The first kappa shape index (κ1) is 22.4. The highest BCUT2D eigenvalue weighted by atomic mass is 17.2. The number of hydrogen-bond donors (Lipinski definition) is 0. The summed E-state index contributed by atoms with van der Waals surface area (Å²) < 4.78 is 9.91. The first-order valence-corrected chi connectivity index (χ1v) is 9.02. The lowest BCUT2D eigenvalue weighted by Gasteiger charge is -2.37. The Morgan fingerprint density at radius 2 is 1.55 bits per heavy atom. The highest BCUT2D eigenvalue weighted by Gasteiger charge is 2.53. The molecular formula is C20H25NO8. The lowest BCUT2D eigenvalue weighted by Crippen LogP contribution is -2.54. The fourth-order valence-electron chi connectivity index (χ4n) is 2.52. The molecule has 1 aromatic rings. The summed E-state index contributed by atoms with van der Waals surface area (Å²) in [6.45, 7) is 9.78. The molecule has 9 nitrogen and oxygen atoms in total. The molecule has 2 amide bonds. The van der Waals surface area contributed by atoms with Crippen LogP contribution in [-0.4, -0.2) is 40.2 Å². The van der Waals surface area contributed by atoms with Crippen molar-refractivity contribution >= 4 is 24.1 Å². The lowest BCUT2D eigenvalue weighted by molar-refractivity contribution is -0.323. The predicted octanol–water partition coefficient (Wildman–Crippen LogP) is 3.53. The van der Waals surface area contributed by atoms with Crippen LogP contribution in [0.2, 0.25) is 0 Å². The lowest BCUT2D eigenvalue weighted by atomic mass is 9.91. The van der Waals surface area contributed by atoms with Crippen LogP contribution in [0.1, 0.15) is 53.1 Å². The molecule has 0 bridgehead atoms. The number of carbonyl (C=O) groups excluding carboxylic acids is 4. The van der Waals surface area contributed by atoms with Crippen LogP contribution < -0.4 is 0 Å². The van der Waals surface area contributed by atoms with Gasteiger partial charge in [-0.15, -0.1) is 0 Å². The van der Waals surface area contributed by atoms with Crippen molar-refractivity contribution in [3.8, 4) is 0 Å². The predicted molar refractivity (Wildman–Crippen MR) is 99.2 cm³/mol. The summed E-state index contributed by atoms with van der Waals surface area (Å²) in [5, 5.41) is 0. The molecule has 2 atom stereocenters. The second-order valence-electron chi connectivity index (χ2n) is 8.47. The number of carbonyl (C=O) groups is 4. The second kappa shape index (κ2) is 8.20. The molecule has 158 valence electrons. The minimum atomic E-state index is -1.65. The second-order valence-corrected chi connectivity index (χ2v) is 8.47. The van der Waals surface area contributed by atoms with E-state index >= 15 is 0 Å². The van der Waals surface area contributed by atoms with Gasteiger partial charge in [-0.2, -0.15) is 4.89 Å². The Balaban J connectivity index is 2.47. The molecule has 1 heterocycles. The van der Waals surface area contributed by atoms with E-state index in [2.05, 4.69) is 4.74 Å². The maximum Gasteiger partial charge on any atom is 0.427 e. The summed E-state index contributed by atoms with van der Waals surface area (Å²) in [5.74, 6) is -3.89. The maximum absolute atomic E-state index is 12.7. The van der Waals surface area contributed by atoms with Gasteiger partial charge in [0.2, 0.25) is 0 Å². The van der Waals surface area contributed by atoms with Crippen molar-refractivity contribution in [2.75, 3.05) is 0 Å². The first-order valence-electron chi connectivity index (χ1n) is 9.02. The van der Waals surface area contributed by atoms with E-state index in [0.717, 1.165) is 0 Å². The number of cyclic esters (lactones) is 2. The van der Waals surface area contributed by atoms with Crippen molar-refractivity contribution in [1.29, 1.82) is 0 Å². The Bertz CT molecular complexity index is 791. The summed E-state index contributed by atoms with van der Waals surface area (Å²) in [4.78, 5) is 60.6. The molecule has 1 aliphatic heterocycles. The maximum atomic E-state index is 12.7. The smallest absolute Gasteiger partial charge is 0.427 e. The number of rotatable bonds is 3. The average Bonchev–Trinajstić information content (AvgIpc) is 2.57. The van der Waals surface area contributed by atoms with E-state index < -0.39 is 47.3 Å². The third kappa shape index (κ3) is 5.77. The number of esters is 1. The molecule has 0 saturated carbocycles. The van der Waals surface area contributed by atoms with Crippen LogP contribution >= 0.6 is 0 Å². The summed E-state index contributed by atoms with van der Waals surface area (Å²) >= 11 is 0. The van der Waals surface area contributed by atoms with Gasteiger partial charge in [0.25, 0.3) is 0 Å². The van der Waals surface area contributed by atoms with Crippen molar-refractivity contribution < 1.29 is 38.4 Å². The van der Waals surface area contributed by atoms with Gasteiger partial charge in [0.15, 0.2) is 5.92 Å². The molecule has 2 rings (SSSR count). The molecular weight excluding hydrogens is 382 g/mol. The van der Waals surface area contributed by atoms with Crippen molar-refractivity contribution in [3.63, 3.8) is 0 Å². The molecule has 1 aromatic carbocycles. The zero-order valence-corrected chi connectivity index (χ0v) is 17.3. The Kier molecular flexibility index (Phi) is 6.32. The van der Waals surface area contributed by atoms with E-state index in [1.165, 1.54) is 0 Å². The summed E-state index contributed by atoms with van der Waals surface area (Å²) in [6.07, 6.45) is -2.29. The van der Waals surface area contributed by atoms with Crippen molar-refractivity contribution in [1.82, 2.24) is 4.90 Å². The van der Waals surface area contributed by atoms with Gasteiger partial charge >= 0.3 is 24.1 Å². The summed E-state index contributed by atoms with van der Waals surface area (Å²) in [7, 11) is 0. The number of ether oxygens (including phenoxy) is 2. The molecule has 1 fully saturated rings. The van der Waals surface area contributed by atoms with E-state index in [0.29, 0.717) is 10.5 Å². The zero-order valence-electron chi connectivity index (χ0n) is 17.3. The standard InChI is InChI=1S/C20H25NO8/c1-19(2,3)27-18(25)21-14(12-10-8-7-9-11-12)13(15(22)26-17(21)24)16(23)28-29-20(4,5)6/h7-11,13-14H,1-6H3/t13-,14-/m1/s1. The third-order valence-electron chi connectivity index (χ3n) is 3.59. The fourth-order valence-corrected chi connectivity index (χ4v) is 2.52. The largest absolute Gasteiger partial charge is 0.443 e. The SMILES string of the molecule is CC(C)(C)OOC(=O)[C@H]1C(=O)OC(=O)N(C(=O)OC(C)(C)C)[C@@H]1c1ccccc1.